The SMILES string of the molecule is CC1(Nc2ccncc2[N+](=O)[O-])COC1. The molecule has 0 unspecified atom stereocenters. The Hall–Kier alpha value is -1.69. The molecule has 1 aromatic rings. The molecule has 6 heteroatoms. The quantitative estimate of drug-likeness (QED) is 0.597. The highest BCUT2D eigenvalue weighted by Gasteiger charge is 2.34. The second kappa shape index (κ2) is 3.47. The summed E-state index contributed by atoms with van der Waals surface area (Å²) in [6.07, 6.45) is 2.77. The van der Waals surface area contributed by atoms with E-state index >= 15 is 0 Å². The number of hydrogen-bond donors (Lipinski definition) is 1. The van der Waals surface area contributed by atoms with Crippen LogP contribution in [0.4, 0.5) is 11.4 Å². The van der Waals surface area contributed by atoms with Crippen molar-refractivity contribution in [1.29, 1.82) is 0 Å². The first-order chi connectivity index (χ1) is 7.11. The van der Waals surface area contributed by atoms with Gasteiger partial charge in [-0.15, -0.1) is 0 Å². The lowest BCUT2D eigenvalue weighted by atomic mass is 10.0. The number of aromatic nitrogens is 1. The van der Waals surface area contributed by atoms with E-state index in [2.05, 4.69) is 10.3 Å². The Labute approximate surface area is 86.4 Å². The van der Waals surface area contributed by atoms with Gasteiger partial charge in [0.2, 0.25) is 0 Å². The number of nitrogens with zero attached hydrogens (tertiary/aromatic N) is 2. The van der Waals surface area contributed by atoms with E-state index in [1.165, 1.54) is 12.4 Å². The fraction of sp³-hybridized carbons (Fsp3) is 0.444. The Morgan fingerprint density at radius 1 is 1.67 bits per heavy atom. The van der Waals surface area contributed by atoms with Crippen LogP contribution >= 0.6 is 0 Å². The summed E-state index contributed by atoms with van der Waals surface area (Å²) in [6, 6.07) is 1.60. The van der Waals surface area contributed by atoms with E-state index in [1.54, 1.807) is 6.07 Å². The molecule has 1 aliphatic heterocycles. The summed E-state index contributed by atoms with van der Waals surface area (Å²) >= 11 is 0. The molecule has 0 radical (unpaired) electrons. The number of nitrogens with one attached hydrogen (secondary N) is 1. The molecule has 1 aromatic heterocycles. The zero-order chi connectivity index (χ0) is 10.9. The topological polar surface area (TPSA) is 77.3 Å². The number of anilines is 1. The molecule has 0 spiro atoms. The van der Waals surface area contributed by atoms with Gasteiger partial charge in [-0.25, -0.2) is 0 Å². The third kappa shape index (κ3) is 1.89. The van der Waals surface area contributed by atoms with Crippen molar-refractivity contribution in [1.82, 2.24) is 4.98 Å². The molecule has 0 bridgehead atoms. The average Bonchev–Trinajstić information content (AvgIpc) is 2.16. The number of ether oxygens (including phenoxy) is 1. The van der Waals surface area contributed by atoms with Crippen molar-refractivity contribution < 1.29 is 9.66 Å². The van der Waals surface area contributed by atoms with Gasteiger partial charge in [0.15, 0.2) is 0 Å². The van der Waals surface area contributed by atoms with Gasteiger partial charge in [0.25, 0.3) is 0 Å². The van der Waals surface area contributed by atoms with Crippen LogP contribution in [0.25, 0.3) is 0 Å². The molecule has 0 aliphatic carbocycles. The summed E-state index contributed by atoms with van der Waals surface area (Å²) in [5.41, 5.74) is 0.276. The van der Waals surface area contributed by atoms with Crippen LogP contribution in [0.2, 0.25) is 0 Å². The van der Waals surface area contributed by atoms with Gasteiger partial charge in [-0.2, -0.15) is 0 Å². The van der Waals surface area contributed by atoms with Crippen LogP contribution in [0.15, 0.2) is 18.5 Å². The third-order valence-electron chi connectivity index (χ3n) is 2.27. The Balaban J connectivity index is 2.23. The summed E-state index contributed by atoms with van der Waals surface area (Å²) in [4.78, 5) is 14.0. The van der Waals surface area contributed by atoms with Crippen LogP contribution in [0.1, 0.15) is 6.92 Å². The number of rotatable bonds is 3. The first kappa shape index (κ1) is 9.85. The van der Waals surface area contributed by atoms with Crippen molar-refractivity contribution in [2.45, 2.75) is 12.5 Å². The van der Waals surface area contributed by atoms with Crippen LogP contribution < -0.4 is 5.32 Å². The first-order valence-electron chi connectivity index (χ1n) is 4.55. The summed E-state index contributed by atoms with van der Waals surface area (Å²) < 4.78 is 5.06. The highest BCUT2D eigenvalue weighted by atomic mass is 16.6. The standard InChI is InChI=1S/C9H11N3O3/c1-9(5-15-6-9)11-7-2-3-10-4-8(7)12(13)14/h2-4H,5-6H2,1H3,(H,10,11). The maximum Gasteiger partial charge on any atom is 0.310 e. The van der Waals surface area contributed by atoms with Gasteiger partial charge in [0.05, 0.1) is 23.7 Å². The maximum absolute atomic E-state index is 10.7. The minimum absolute atomic E-state index is 0.00868. The van der Waals surface area contributed by atoms with E-state index in [0.717, 1.165) is 0 Å². The van der Waals surface area contributed by atoms with E-state index in [-0.39, 0.29) is 11.2 Å². The predicted octanol–water partition coefficient (Wildman–Crippen LogP) is 1.19. The first-order valence-corrected chi connectivity index (χ1v) is 4.55. The third-order valence-corrected chi connectivity index (χ3v) is 2.27. The molecule has 1 N–H and O–H groups in total. The fourth-order valence-electron chi connectivity index (χ4n) is 1.44. The Kier molecular flexibility index (Phi) is 2.28. The molecule has 2 rings (SSSR count). The summed E-state index contributed by atoms with van der Waals surface area (Å²) in [6.45, 7) is 3.08. The average molecular weight is 209 g/mol. The van der Waals surface area contributed by atoms with Crippen LogP contribution in [-0.4, -0.2) is 28.7 Å². The van der Waals surface area contributed by atoms with Gasteiger partial charge in [0, 0.05) is 6.20 Å². The maximum atomic E-state index is 10.7. The minimum atomic E-state index is -0.446. The van der Waals surface area contributed by atoms with Gasteiger partial charge in [-0.1, -0.05) is 0 Å². The monoisotopic (exact) mass is 209 g/mol. The second-order valence-corrected chi connectivity index (χ2v) is 3.83. The molecule has 0 aromatic carbocycles. The molecule has 0 amide bonds. The summed E-state index contributed by atoms with van der Waals surface area (Å²) in [7, 11) is 0. The largest absolute Gasteiger partial charge is 0.376 e. The molecule has 1 fully saturated rings. The lowest BCUT2D eigenvalue weighted by Gasteiger charge is -2.39. The van der Waals surface area contributed by atoms with Gasteiger partial charge in [0.1, 0.15) is 11.9 Å². The molecule has 0 saturated carbocycles. The molecule has 15 heavy (non-hydrogen) atoms. The zero-order valence-electron chi connectivity index (χ0n) is 8.27. The highest BCUT2D eigenvalue weighted by Crippen LogP contribution is 2.28. The molecule has 1 aliphatic rings. The zero-order valence-corrected chi connectivity index (χ0v) is 8.27. The second-order valence-electron chi connectivity index (χ2n) is 3.83. The highest BCUT2D eigenvalue weighted by molar-refractivity contribution is 5.61. The van der Waals surface area contributed by atoms with Gasteiger partial charge in [-0.05, 0) is 13.0 Å². The van der Waals surface area contributed by atoms with Crippen molar-refractivity contribution in [2.75, 3.05) is 18.5 Å². The summed E-state index contributed by atoms with van der Waals surface area (Å²) in [5, 5.41) is 13.8. The molecular formula is C9H11N3O3. The molecule has 2 heterocycles. The van der Waals surface area contributed by atoms with Crippen molar-refractivity contribution in [2.24, 2.45) is 0 Å². The van der Waals surface area contributed by atoms with Crippen molar-refractivity contribution in [3.63, 3.8) is 0 Å². The van der Waals surface area contributed by atoms with Crippen molar-refractivity contribution in [3.8, 4) is 0 Å². The van der Waals surface area contributed by atoms with Crippen LogP contribution in [0.5, 0.6) is 0 Å². The molecular weight excluding hydrogens is 198 g/mol. The normalized spacial score (nSPS) is 17.9. The van der Waals surface area contributed by atoms with Gasteiger partial charge >= 0.3 is 5.69 Å². The lowest BCUT2D eigenvalue weighted by molar-refractivity contribution is -0.384. The van der Waals surface area contributed by atoms with Crippen LogP contribution in [0.3, 0.4) is 0 Å². The Morgan fingerprint density at radius 3 is 2.93 bits per heavy atom. The molecule has 80 valence electrons. The lowest BCUT2D eigenvalue weighted by Crippen LogP contribution is -2.53. The fourth-order valence-corrected chi connectivity index (χ4v) is 1.44. The van der Waals surface area contributed by atoms with E-state index in [1.807, 2.05) is 6.92 Å². The Morgan fingerprint density at radius 2 is 2.40 bits per heavy atom. The van der Waals surface area contributed by atoms with Gasteiger partial charge in [-0.3, -0.25) is 15.1 Å². The number of nitro groups is 1. The van der Waals surface area contributed by atoms with E-state index in [4.69, 9.17) is 4.74 Å². The molecule has 1 saturated heterocycles. The molecule has 0 atom stereocenters. The van der Waals surface area contributed by atoms with Crippen molar-refractivity contribution in [3.05, 3.63) is 28.6 Å². The van der Waals surface area contributed by atoms with Crippen LogP contribution in [-0.2, 0) is 4.74 Å². The predicted molar refractivity (Wildman–Crippen MR) is 53.7 cm³/mol. The number of hydrogen-bond acceptors (Lipinski definition) is 5. The molecule has 6 nitrogen and oxygen atoms in total. The van der Waals surface area contributed by atoms with Crippen molar-refractivity contribution >= 4 is 11.4 Å². The number of pyridine rings is 1. The Bertz CT molecular complexity index is 390. The minimum Gasteiger partial charge on any atom is -0.376 e. The van der Waals surface area contributed by atoms with E-state index < -0.39 is 4.92 Å². The van der Waals surface area contributed by atoms with Crippen LogP contribution in [0, 0.1) is 10.1 Å². The van der Waals surface area contributed by atoms with Gasteiger partial charge < -0.3 is 10.1 Å². The van der Waals surface area contributed by atoms with E-state index in [0.29, 0.717) is 18.9 Å². The smallest absolute Gasteiger partial charge is 0.310 e. The summed E-state index contributed by atoms with van der Waals surface area (Å²) in [5.74, 6) is 0. The van der Waals surface area contributed by atoms with E-state index in [9.17, 15) is 10.1 Å².